The van der Waals surface area contributed by atoms with E-state index in [9.17, 15) is 4.79 Å². The number of carbonyl (C=O) groups excluding carboxylic acids is 1. The highest BCUT2D eigenvalue weighted by Gasteiger charge is 2.33. The van der Waals surface area contributed by atoms with Gasteiger partial charge in [-0.05, 0) is 43.7 Å². The van der Waals surface area contributed by atoms with Crippen LogP contribution in [0.3, 0.4) is 0 Å². The third kappa shape index (κ3) is 3.46. The minimum Gasteiger partial charge on any atom is -0.338 e. The average molecular weight is 257 g/mol. The van der Waals surface area contributed by atoms with Crippen molar-refractivity contribution in [3.05, 3.63) is 48.0 Å². The van der Waals surface area contributed by atoms with E-state index in [1.54, 1.807) is 0 Å². The maximum absolute atomic E-state index is 12.5. The number of allylic oxidation sites excluding steroid dienone is 1. The second-order valence-electron chi connectivity index (χ2n) is 6.14. The normalized spacial score (nSPS) is 23.2. The molecule has 1 fully saturated rings. The minimum atomic E-state index is 0.160. The van der Waals surface area contributed by atoms with Crippen molar-refractivity contribution in [2.75, 3.05) is 13.1 Å². The quantitative estimate of drug-likeness (QED) is 0.752. The molecule has 1 unspecified atom stereocenters. The fourth-order valence-corrected chi connectivity index (χ4v) is 3.13. The first-order valence-electron chi connectivity index (χ1n) is 6.99. The summed E-state index contributed by atoms with van der Waals surface area (Å²) in [5, 5.41) is 0. The summed E-state index contributed by atoms with van der Waals surface area (Å²) < 4.78 is 0. The molecule has 2 nitrogen and oxygen atoms in total. The molecule has 102 valence electrons. The number of carbonyl (C=O) groups is 1. The molecule has 1 aromatic rings. The first-order chi connectivity index (χ1) is 9.00. The average Bonchev–Trinajstić information content (AvgIpc) is 2.37. The van der Waals surface area contributed by atoms with Gasteiger partial charge in [0, 0.05) is 18.7 Å². The van der Waals surface area contributed by atoms with Crippen LogP contribution in [-0.2, 0) is 0 Å². The van der Waals surface area contributed by atoms with Gasteiger partial charge in [0.1, 0.15) is 0 Å². The summed E-state index contributed by atoms with van der Waals surface area (Å²) in [6.07, 6.45) is 3.27. The van der Waals surface area contributed by atoms with Crippen molar-refractivity contribution in [2.24, 2.45) is 5.41 Å². The van der Waals surface area contributed by atoms with Crippen molar-refractivity contribution in [3.8, 4) is 0 Å². The third-order valence-corrected chi connectivity index (χ3v) is 3.82. The summed E-state index contributed by atoms with van der Waals surface area (Å²) >= 11 is 0. The van der Waals surface area contributed by atoms with Crippen LogP contribution in [-0.4, -0.2) is 23.9 Å². The van der Waals surface area contributed by atoms with E-state index in [0.717, 1.165) is 31.5 Å². The minimum absolute atomic E-state index is 0.160. The molecule has 2 heteroatoms. The van der Waals surface area contributed by atoms with Crippen LogP contribution in [0, 0.1) is 5.41 Å². The number of hydrogen-bond donors (Lipinski definition) is 0. The number of rotatable bonds is 3. The molecule has 0 saturated carbocycles. The van der Waals surface area contributed by atoms with Gasteiger partial charge in [-0.25, -0.2) is 0 Å². The number of amides is 1. The number of hydrogen-bond acceptors (Lipinski definition) is 1. The Morgan fingerprint density at radius 1 is 1.37 bits per heavy atom. The summed E-state index contributed by atoms with van der Waals surface area (Å²) in [7, 11) is 0. The summed E-state index contributed by atoms with van der Waals surface area (Å²) in [4.78, 5) is 14.5. The molecule has 2 rings (SSSR count). The Hall–Kier alpha value is -1.57. The van der Waals surface area contributed by atoms with Gasteiger partial charge >= 0.3 is 0 Å². The van der Waals surface area contributed by atoms with E-state index in [1.807, 2.05) is 35.2 Å². The van der Waals surface area contributed by atoms with Crippen molar-refractivity contribution in [1.29, 1.82) is 0 Å². The molecule has 0 radical (unpaired) electrons. The van der Waals surface area contributed by atoms with Gasteiger partial charge in [-0.1, -0.05) is 30.7 Å². The standard InChI is InChI=1S/C17H23NO/c1-14(2)12-17(3)10-7-11-18(13-17)16(19)15-8-5-4-6-9-15/h4-6,8-9H,1,7,10-13H2,2-3H3. The van der Waals surface area contributed by atoms with Crippen LogP contribution < -0.4 is 0 Å². The van der Waals surface area contributed by atoms with Crippen LogP contribution in [0.25, 0.3) is 0 Å². The second-order valence-corrected chi connectivity index (χ2v) is 6.14. The van der Waals surface area contributed by atoms with Crippen molar-refractivity contribution in [1.82, 2.24) is 4.90 Å². The van der Waals surface area contributed by atoms with Gasteiger partial charge in [0.05, 0.1) is 0 Å². The van der Waals surface area contributed by atoms with Gasteiger partial charge in [-0.2, -0.15) is 0 Å². The lowest BCUT2D eigenvalue weighted by Crippen LogP contribution is -2.44. The molecule has 0 aliphatic carbocycles. The predicted octanol–water partition coefficient (Wildman–Crippen LogP) is 3.90. The van der Waals surface area contributed by atoms with E-state index in [0.29, 0.717) is 0 Å². The largest absolute Gasteiger partial charge is 0.338 e. The van der Waals surface area contributed by atoms with Gasteiger partial charge in [-0.3, -0.25) is 4.79 Å². The molecular weight excluding hydrogens is 234 g/mol. The van der Waals surface area contributed by atoms with Crippen molar-refractivity contribution in [2.45, 2.75) is 33.1 Å². The molecule has 0 N–H and O–H groups in total. The summed E-state index contributed by atoms with van der Waals surface area (Å²) in [6.45, 7) is 10.1. The molecular formula is C17H23NO. The Kier molecular flexibility index (Phi) is 4.08. The molecule has 1 heterocycles. The zero-order valence-electron chi connectivity index (χ0n) is 12.0. The van der Waals surface area contributed by atoms with Gasteiger partial charge in [0.2, 0.25) is 0 Å². The van der Waals surface area contributed by atoms with E-state index in [-0.39, 0.29) is 11.3 Å². The Bertz CT molecular complexity index is 465. The van der Waals surface area contributed by atoms with E-state index in [4.69, 9.17) is 0 Å². The highest BCUT2D eigenvalue weighted by atomic mass is 16.2. The summed E-state index contributed by atoms with van der Waals surface area (Å²) in [6, 6.07) is 9.58. The molecule has 1 saturated heterocycles. The SMILES string of the molecule is C=C(C)CC1(C)CCCN(C(=O)c2ccccc2)C1. The topological polar surface area (TPSA) is 20.3 Å². The first-order valence-corrected chi connectivity index (χ1v) is 6.99. The summed E-state index contributed by atoms with van der Waals surface area (Å²) in [5.41, 5.74) is 2.19. The lowest BCUT2D eigenvalue weighted by atomic mass is 9.77. The van der Waals surface area contributed by atoms with Crippen LogP contribution in [0.4, 0.5) is 0 Å². The molecule has 19 heavy (non-hydrogen) atoms. The molecule has 0 bridgehead atoms. The molecule has 1 aromatic carbocycles. The van der Waals surface area contributed by atoms with Gasteiger partial charge in [-0.15, -0.1) is 6.58 Å². The maximum atomic E-state index is 12.5. The predicted molar refractivity (Wildman–Crippen MR) is 79.1 cm³/mol. The van der Waals surface area contributed by atoms with Gasteiger partial charge < -0.3 is 4.90 Å². The van der Waals surface area contributed by atoms with Crippen molar-refractivity contribution in [3.63, 3.8) is 0 Å². The zero-order chi connectivity index (χ0) is 13.9. The van der Waals surface area contributed by atoms with Crippen LogP contribution in [0.1, 0.15) is 43.5 Å². The van der Waals surface area contributed by atoms with E-state index in [1.165, 1.54) is 12.0 Å². The van der Waals surface area contributed by atoms with Gasteiger partial charge in [0.25, 0.3) is 5.91 Å². The molecule has 0 aromatic heterocycles. The highest BCUT2D eigenvalue weighted by Crippen LogP contribution is 2.35. The Labute approximate surface area is 116 Å². The first kappa shape index (κ1) is 13.9. The molecule has 1 aliphatic rings. The Balaban J connectivity index is 2.09. The van der Waals surface area contributed by atoms with Crippen molar-refractivity contribution >= 4 is 5.91 Å². The zero-order valence-corrected chi connectivity index (χ0v) is 12.0. The van der Waals surface area contributed by atoms with Gasteiger partial charge in [0.15, 0.2) is 0 Å². The molecule has 0 spiro atoms. The van der Waals surface area contributed by atoms with Crippen LogP contribution in [0.5, 0.6) is 0 Å². The van der Waals surface area contributed by atoms with Crippen molar-refractivity contribution < 1.29 is 4.79 Å². The molecule has 1 atom stereocenters. The van der Waals surface area contributed by atoms with E-state index < -0.39 is 0 Å². The highest BCUT2D eigenvalue weighted by molar-refractivity contribution is 5.94. The van der Waals surface area contributed by atoms with E-state index >= 15 is 0 Å². The maximum Gasteiger partial charge on any atom is 0.253 e. The molecule has 1 aliphatic heterocycles. The van der Waals surface area contributed by atoms with Crippen LogP contribution in [0.2, 0.25) is 0 Å². The Morgan fingerprint density at radius 2 is 2.05 bits per heavy atom. The smallest absolute Gasteiger partial charge is 0.253 e. The second kappa shape index (κ2) is 5.60. The Morgan fingerprint density at radius 3 is 2.68 bits per heavy atom. The fourth-order valence-electron chi connectivity index (χ4n) is 3.13. The van der Waals surface area contributed by atoms with E-state index in [2.05, 4.69) is 20.4 Å². The number of piperidine rings is 1. The van der Waals surface area contributed by atoms with Crippen LogP contribution >= 0.6 is 0 Å². The summed E-state index contributed by atoms with van der Waals surface area (Å²) in [5.74, 6) is 0.160. The monoisotopic (exact) mass is 257 g/mol. The number of likely N-dealkylation sites (tertiary alicyclic amines) is 1. The number of benzene rings is 1. The third-order valence-electron chi connectivity index (χ3n) is 3.82. The lowest BCUT2D eigenvalue weighted by Gasteiger charge is -2.41. The fraction of sp³-hybridized carbons (Fsp3) is 0.471. The van der Waals surface area contributed by atoms with Crippen LogP contribution in [0.15, 0.2) is 42.5 Å². The molecule has 1 amide bonds. The number of nitrogens with zero attached hydrogens (tertiary/aromatic N) is 1. The lowest BCUT2D eigenvalue weighted by molar-refractivity contribution is 0.0551.